The number of hydrogen-bond acceptors (Lipinski definition) is 4. The first-order valence-electron chi connectivity index (χ1n) is 8.41. The van der Waals surface area contributed by atoms with Crippen molar-refractivity contribution in [2.45, 2.75) is 13.3 Å². The Kier molecular flexibility index (Phi) is 5.49. The number of rotatable bonds is 6. The number of ether oxygens (including phenoxy) is 1. The van der Waals surface area contributed by atoms with Gasteiger partial charge in [-0.3, -0.25) is 4.79 Å². The van der Waals surface area contributed by atoms with Crippen LogP contribution in [0.15, 0.2) is 65.8 Å². The quantitative estimate of drug-likeness (QED) is 0.528. The van der Waals surface area contributed by atoms with Crippen molar-refractivity contribution in [2.75, 3.05) is 6.61 Å². The molecule has 0 aromatic heterocycles. The summed E-state index contributed by atoms with van der Waals surface area (Å²) in [6.45, 7) is 2.40. The molecule has 0 saturated heterocycles. The molecule has 0 atom stereocenters. The molecule has 3 aromatic carbocycles. The molecule has 132 valence electrons. The van der Waals surface area contributed by atoms with Crippen LogP contribution in [0.4, 0.5) is 0 Å². The molecular formula is C21H20N2O3. The molecular weight excluding hydrogens is 328 g/mol. The Morgan fingerprint density at radius 1 is 1.15 bits per heavy atom. The van der Waals surface area contributed by atoms with Crippen molar-refractivity contribution in [3.8, 4) is 11.5 Å². The number of nitrogens with one attached hydrogen (secondary N) is 1. The summed E-state index contributed by atoms with van der Waals surface area (Å²) in [5, 5.41) is 16.0. The summed E-state index contributed by atoms with van der Waals surface area (Å²) in [4.78, 5) is 12.2. The normalized spacial score (nSPS) is 11.0. The summed E-state index contributed by atoms with van der Waals surface area (Å²) in [7, 11) is 0. The number of hydrazone groups is 1. The fourth-order valence-corrected chi connectivity index (χ4v) is 2.72. The van der Waals surface area contributed by atoms with E-state index in [1.165, 1.54) is 12.3 Å². The number of benzene rings is 3. The second-order valence-electron chi connectivity index (χ2n) is 5.76. The van der Waals surface area contributed by atoms with Crippen LogP contribution in [0, 0.1) is 0 Å². The van der Waals surface area contributed by atoms with Crippen LogP contribution in [0.3, 0.4) is 0 Å². The molecule has 5 nitrogen and oxygen atoms in total. The van der Waals surface area contributed by atoms with Gasteiger partial charge in [0, 0.05) is 11.6 Å². The van der Waals surface area contributed by atoms with Crippen LogP contribution in [0.2, 0.25) is 0 Å². The van der Waals surface area contributed by atoms with E-state index in [1.807, 2.05) is 49.4 Å². The standard InChI is InChI=1S/C21H20N2O3/c1-2-26-18-11-10-17(20(24)13-18)14-22-23-21(25)12-16-8-5-7-15-6-3-4-9-19(15)16/h3-11,13-14,24H,2,12H2,1H3,(H,23,25)/b22-14-. The highest BCUT2D eigenvalue weighted by Gasteiger charge is 2.06. The Hall–Kier alpha value is -3.34. The Morgan fingerprint density at radius 3 is 2.77 bits per heavy atom. The predicted octanol–water partition coefficient (Wildman–Crippen LogP) is 3.64. The van der Waals surface area contributed by atoms with Gasteiger partial charge in [0.15, 0.2) is 0 Å². The predicted molar refractivity (Wildman–Crippen MR) is 103 cm³/mol. The van der Waals surface area contributed by atoms with Crippen molar-refractivity contribution >= 4 is 22.9 Å². The van der Waals surface area contributed by atoms with Gasteiger partial charge in [-0.15, -0.1) is 0 Å². The molecule has 5 heteroatoms. The summed E-state index contributed by atoms with van der Waals surface area (Å²) in [6, 6.07) is 18.8. The minimum atomic E-state index is -0.219. The van der Waals surface area contributed by atoms with Gasteiger partial charge in [-0.2, -0.15) is 5.10 Å². The summed E-state index contributed by atoms with van der Waals surface area (Å²) in [5.74, 6) is 0.410. The molecule has 0 spiro atoms. The Labute approximate surface area is 151 Å². The molecule has 0 aliphatic carbocycles. The van der Waals surface area contributed by atoms with Gasteiger partial charge in [0.1, 0.15) is 11.5 Å². The molecule has 0 heterocycles. The average Bonchev–Trinajstić information content (AvgIpc) is 2.64. The Balaban J connectivity index is 1.64. The van der Waals surface area contributed by atoms with E-state index in [1.54, 1.807) is 12.1 Å². The van der Waals surface area contributed by atoms with E-state index in [4.69, 9.17) is 4.74 Å². The Morgan fingerprint density at radius 2 is 1.96 bits per heavy atom. The summed E-state index contributed by atoms with van der Waals surface area (Å²) in [6.07, 6.45) is 1.64. The van der Waals surface area contributed by atoms with Crippen LogP contribution < -0.4 is 10.2 Å². The molecule has 0 aliphatic rings. The molecule has 0 unspecified atom stereocenters. The van der Waals surface area contributed by atoms with Gasteiger partial charge in [-0.05, 0) is 35.4 Å². The molecule has 3 aromatic rings. The first-order valence-corrected chi connectivity index (χ1v) is 8.41. The summed E-state index contributed by atoms with van der Waals surface area (Å²) >= 11 is 0. The van der Waals surface area contributed by atoms with Gasteiger partial charge < -0.3 is 9.84 Å². The first-order chi connectivity index (χ1) is 12.7. The molecule has 2 N–H and O–H groups in total. The summed E-state index contributed by atoms with van der Waals surface area (Å²) in [5.41, 5.74) is 3.94. The van der Waals surface area contributed by atoms with Crippen molar-refractivity contribution in [1.82, 2.24) is 5.43 Å². The van der Waals surface area contributed by atoms with Gasteiger partial charge >= 0.3 is 0 Å². The maximum absolute atomic E-state index is 12.2. The maximum atomic E-state index is 12.2. The minimum Gasteiger partial charge on any atom is -0.507 e. The third-order valence-electron chi connectivity index (χ3n) is 3.94. The third-order valence-corrected chi connectivity index (χ3v) is 3.94. The lowest BCUT2D eigenvalue weighted by molar-refractivity contribution is -0.120. The summed E-state index contributed by atoms with van der Waals surface area (Å²) < 4.78 is 5.31. The fourth-order valence-electron chi connectivity index (χ4n) is 2.72. The van der Waals surface area contributed by atoms with Gasteiger partial charge in [0.05, 0.1) is 19.2 Å². The van der Waals surface area contributed by atoms with E-state index in [2.05, 4.69) is 10.5 Å². The number of carbonyl (C=O) groups is 1. The molecule has 0 fully saturated rings. The van der Waals surface area contributed by atoms with Crippen molar-refractivity contribution < 1.29 is 14.6 Å². The van der Waals surface area contributed by atoms with E-state index in [-0.39, 0.29) is 18.1 Å². The van der Waals surface area contributed by atoms with Crippen LogP contribution in [0.1, 0.15) is 18.1 Å². The van der Waals surface area contributed by atoms with Gasteiger partial charge in [-0.25, -0.2) is 5.43 Å². The number of nitrogens with zero attached hydrogens (tertiary/aromatic N) is 1. The van der Waals surface area contributed by atoms with Gasteiger partial charge in [0.2, 0.25) is 5.91 Å². The van der Waals surface area contributed by atoms with E-state index in [9.17, 15) is 9.90 Å². The van der Waals surface area contributed by atoms with E-state index in [0.29, 0.717) is 17.9 Å². The van der Waals surface area contributed by atoms with Gasteiger partial charge in [-0.1, -0.05) is 42.5 Å². The smallest absolute Gasteiger partial charge is 0.244 e. The molecule has 0 saturated carbocycles. The molecule has 3 rings (SSSR count). The molecule has 0 bridgehead atoms. The molecule has 1 amide bonds. The van der Waals surface area contributed by atoms with Crippen LogP contribution in [-0.4, -0.2) is 23.8 Å². The van der Waals surface area contributed by atoms with Crippen molar-refractivity contribution in [3.63, 3.8) is 0 Å². The van der Waals surface area contributed by atoms with Crippen molar-refractivity contribution in [2.24, 2.45) is 5.10 Å². The minimum absolute atomic E-state index is 0.0444. The van der Waals surface area contributed by atoms with Crippen LogP contribution in [0.5, 0.6) is 11.5 Å². The van der Waals surface area contributed by atoms with Crippen molar-refractivity contribution in [1.29, 1.82) is 0 Å². The highest BCUT2D eigenvalue weighted by molar-refractivity contribution is 5.91. The lowest BCUT2D eigenvalue weighted by Crippen LogP contribution is -2.19. The number of phenols is 1. The molecule has 26 heavy (non-hydrogen) atoms. The number of carbonyl (C=O) groups excluding carboxylic acids is 1. The second kappa shape index (κ2) is 8.16. The topological polar surface area (TPSA) is 70.9 Å². The van der Waals surface area contributed by atoms with Crippen LogP contribution >= 0.6 is 0 Å². The molecule has 0 aliphatic heterocycles. The average molecular weight is 348 g/mol. The van der Waals surface area contributed by atoms with E-state index < -0.39 is 0 Å². The zero-order valence-corrected chi connectivity index (χ0v) is 14.5. The van der Waals surface area contributed by atoms with Crippen LogP contribution in [-0.2, 0) is 11.2 Å². The monoisotopic (exact) mass is 348 g/mol. The van der Waals surface area contributed by atoms with E-state index in [0.717, 1.165) is 16.3 Å². The maximum Gasteiger partial charge on any atom is 0.244 e. The van der Waals surface area contributed by atoms with Crippen molar-refractivity contribution in [3.05, 3.63) is 71.8 Å². The number of fused-ring (bicyclic) bond motifs is 1. The fraction of sp³-hybridized carbons (Fsp3) is 0.143. The lowest BCUT2D eigenvalue weighted by Gasteiger charge is -2.06. The molecule has 0 radical (unpaired) electrons. The SMILES string of the molecule is CCOc1ccc(/C=N\NC(=O)Cc2cccc3ccccc23)c(O)c1. The lowest BCUT2D eigenvalue weighted by atomic mass is 10.0. The van der Waals surface area contributed by atoms with Gasteiger partial charge in [0.25, 0.3) is 0 Å². The highest BCUT2D eigenvalue weighted by Crippen LogP contribution is 2.22. The third kappa shape index (κ3) is 4.19. The number of aromatic hydroxyl groups is 1. The number of phenolic OH excluding ortho intramolecular Hbond substituents is 1. The second-order valence-corrected chi connectivity index (χ2v) is 5.76. The highest BCUT2D eigenvalue weighted by atomic mass is 16.5. The Bertz CT molecular complexity index is 946. The largest absolute Gasteiger partial charge is 0.507 e. The zero-order chi connectivity index (χ0) is 18.4. The van der Waals surface area contributed by atoms with E-state index >= 15 is 0 Å². The van der Waals surface area contributed by atoms with Crippen LogP contribution in [0.25, 0.3) is 10.8 Å². The number of amides is 1. The number of hydrogen-bond donors (Lipinski definition) is 2. The zero-order valence-electron chi connectivity index (χ0n) is 14.5. The first kappa shape index (κ1) is 17.5.